The monoisotopic (exact) mass is 270 g/mol. The molecule has 0 saturated heterocycles. The molecule has 0 heterocycles. The fourth-order valence-electron chi connectivity index (χ4n) is 2.33. The van der Waals surface area contributed by atoms with E-state index >= 15 is 0 Å². The number of hydrogen-bond donors (Lipinski definition) is 1. The summed E-state index contributed by atoms with van der Waals surface area (Å²) in [5, 5.41) is 10.1. The Balaban J connectivity index is 1.99. The van der Waals surface area contributed by atoms with E-state index in [-0.39, 0.29) is 6.61 Å². The van der Waals surface area contributed by atoms with Crippen molar-refractivity contribution in [2.75, 3.05) is 6.61 Å². The SMILES string of the molecule is Cc1cc(OCC(O)c2ccccc2)ccc1C(C)C. The Morgan fingerprint density at radius 3 is 2.35 bits per heavy atom. The summed E-state index contributed by atoms with van der Waals surface area (Å²) < 4.78 is 5.69. The zero-order chi connectivity index (χ0) is 14.5. The molecule has 2 aromatic rings. The zero-order valence-corrected chi connectivity index (χ0v) is 12.3. The van der Waals surface area contributed by atoms with E-state index in [1.807, 2.05) is 42.5 Å². The third-order valence-electron chi connectivity index (χ3n) is 3.46. The molecule has 2 heteroatoms. The Morgan fingerprint density at radius 1 is 1.05 bits per heavy atom. The highest BCUT2D eigenvalue weighted by Gasteiger charge is 2.09. The maximum atomic E-state index is 10.1. The van der Waals surface area contributed by atoms with Crippen LogP contribution in [-0.2, 0) is 0 Å². The minimum absolute atomic E-state index is 0.268. The summed E-state index contributed by atoms with van der Waals surface area (Å²) in [4.78, 5) is 0. The number of aryl methyl sites for hydroxylation is 1. The lowest BCUT2D eigenvalue weighted by atomic mass is 9.98. The molecule has 0 aliphatic heterocycles. The molecule has 106 valence electrons. The molecule has 2 aromatic carbocycles. The van der Waals surface area contributed by atoms with Gasteiger partial charge in [0.1, 0.15) is 18.5 Å². The molecule has 0 saturated carbocycles. The predicted molar refractivity (Wildman–Crippen MR) is 82.2 cm³/mol. The van der Waals surface area contributed by atoms with Gasteiger partial charge in [-0.05, 0) is 41.7 Å². The van der Waals surface area contributed by atoms with Gasteiger partial charge in [0.25, 0.3) is 0 Å². The van der Waals surface area contributed by atoms with E-state index in [1.54, 1.807) is 0 Å². The summed E-state index contributed by atoms with van der Waals surface area (Å²) in [6, 6.07) is 15.7. The van der Waals surface area contributed by atoms with Crippen LogP contribution in [0.5, 0.6) is 5.75 Å². The Hall–Kier alpha value is -1.80. The van der Waals surface area contributed by atoms with Crippen LogP contribution in [-0.4, -0.2) is 11.7 Å². The molecule has 0 aliphatic carbocycles. The molecule has 0 bridgehead atoms. The summed E-state index contributed by atoms with van der Waals surface area (Å²) in [6.07, 6.45) is -0.596. The van der Waals surface area contributed by atoms with Crippen LogP contribution in [0.15, 0.2) is 48.5 Å². The maximum Gasteiger partial charge on any atom is 0.119 e. The van der Waals surface area contributed by atoms with Gasteiger partial charge in [-0.15, -0.1) is 0 Å². The third kappa shape index (κ3) is 3.61. The molecule has 2 rings (SSSR count). The number of aliphatic hydroxyl groups is 1. The number of ether oxygens (including phenoxy) is 1. The zero-order valence-electron chi connectivity index (χ0n) is 12.3. The largest absolute Gasteiger partial charge is 0.491 e. The number of benzene rings is 2. The van der Waals surface area contributed by atoms with Gasteiger partial charge in [0.2, 0.25) is 0 Å². The van der Waals surface area contributed by atoms with Gasteiger partial charge in [-0.3, -0.25) is 0 Å². The lowest BCUT2D eigenvalue weighted by Gasteiger charge is -2.15. The molecule has 0 fully saturated rings. The molecule has 0 amide bonds. The van der Waals surface area contributed by atoms with Crippen LogP contribution in [0, 0.1) is 6.92 Å². The minimum Gasteiger partial charge on any atom is -0.491 e. The standard InChI is InChI=1S/C18H22O2/c1-13(2)17-10-9-16(11-14(17)3)20-12-18(19)15-7-5-4-6-8-15/h4-11,13,18-19H,12H2,1-3H3. The fraction of sp³-hybridized carbons (Fsp3) is 0.333. The Kier molecular flexibility index (Phi) is 4.80. The maximum absolute atomic E-state index is 10.1. The van der Waals surface area contributed by atoms with Gasteiger partial charge < -0.3 is 9.84 Å². The molecule has 0 radical (unpaired) electrons. The molecule has 0 spiro atoms. The van der Waals surface area contributed by atoms with E-state index in [0.717, 1.165) is 11.3 Å². The molecule has 0 aromatic heterocycles. The van der Waals surface area contributed by atoms with Crippen LogP contribution < -0.4 is 4.74 Å². The lowest BCUT2D eigenvalue weighted by Crippen LogP contribution is -2.09. The quantitative estimate of drug-likeness (QED) is 0.881. The molecule has 1 N–H and O–H groups in total. The van der Waals surface area contributed by atoms with Gasteiger partial charge in [-0.25, -0.2) is 0 Å². The lowest BCUT2D eigenvalue weighted by molar-refractivity contribution is 0.108. The second-order valence-electron chi connectivity index (χ2n) is 5.41. The van der Waals surface area contributed by atoms with Crippen LogP contribution in [0.1, 0.15) is 42.6 Å². The first-order valence-electron chi connectivity index (χ1n) is 7.04. The van der Waals surface area contributed by atoms with Crippen LogP contribution in [0.2, 0.25) is 0 Å². The Bertz CT molecular complexity index is 547. The van der Waals surface area contributed by atoms with Gasteiger partial charge in [0, 0.05) is 0 Å². The van der Waals surface area contributed by atoms with Crippen LogP contribution in [0.3, 0.4) is 0 Å². The first-order valence-corrected chi connectivity index (χ1v) is 7.04. The van der Waals surface area contributed by atoms with Gasteiger partial charge in [-0.1, -0.05) is 50.2 Å². The highest BCUT2D eigenvalue weighted by molar-refractivity contribution is 5.36. The summed E-state index contributed by atoms with van der Waals surface area (Å²) in [5.74, 6) is 1.32. The van der Waals surface area contributed by atoms with Crippen LogP contribution in [0.4, 0.5) is 0 Å². The van der Waals surface area contributed by atoms with E-state index in [1.165, 1.54) is 11.1 Å². The van der Waals surface area contributed by atoms with Crippen LogP contribution >= 0.6 is 0 Å². The minimum atomic E-state index is -0.596. The second kappa shape index (κ2) is 6.58. The molecular formula is C18H22O2. The second-order valence-corrected chi connectivity index (χ2v) is 5.41. The summed E-state index contributed by atoms with van der Waals surface area (Å²) in [7, 11) is 0. The molecule has 1 atom stereocenters. The van der Waals surface area contributed by atoms with Crippen molar-refractivity contribution < 1.29 is 9.84 Å². The molecular weight excluding hydrogens is 248 g/mol. The van der Waals surface area contributed by atoms with E-state index in [0.29, 0.717) is 5.92 Å². The van der Waals surface area contributed by atoms with Crippen molar-refractivity contribution in [2.45, 2.75) is 32.8 Å². The predicted octanol–water partition coefficient (Wildman–Crippen LogP) is 4.23. The van der Waals surface area contributed by atoms with Crippen molar-refractivity contribution >= 4 is 0 Å². The summed E-state index contributed by atoms with van der Waals surface area (Å²) in [5.41, 5.74) is 3.44. The van der Waals surface area contributed by atoms with Crippen LogP contribution in [0.25, 0.3) is 0 Å². The number of rotatable bonds is 5. The molecule has 20 heavy (non-hydrogen) atoms. The van der Waals surface area contributed by atoms with Gasteiger partial charge in [-0.2, -0.15) is 0 Å². The highest BCUT2D eigenvalue weighted by Crippen LogP contribution is 2.24. The van der Waals surface area contributed by atoms with Gasteiger partial charge in [0.05, 0.1) is 0 Å². The highest BCUT2D eigenvalue weighted by atomic mass is 16.5. The van der Waals surface area contributed by atoms with Crippen molar-refractivity contribution in [3.63, 3.8) is 0 Å². The first-order chi connectivity index (χ1) is 9.58. The van der Waals surface area contributed by atoms with Gasteiger partial charge in [0.15, 0.2) is 0 Å². The molecule has 2 nitrogen and oxygen atoms in total. The number of aliphatic hydroxyl groups excluding tert-OH is 1. The molecule has 0 aliphatic rings. The molecule has 1 unspecified atom stereocenters. The smallest absolute Gasteiger partial charge is 0.119 e. The summed E-state index contributed by atoms with van der Waals surface area (Å²) >= 11 is 0. The third-order valence-corrected chi connectivity index (χ3v) is 3.46. The first kappa shape index (κ1) is 14.6. The van der Waals surface area contributed by atoms with E-state index in [2.05, 4.69) is 26.8 Å². The Labute approximate surface area is 121 Å². The fourth-order valence-corrected chi connectivity index (χ4v) is 2.33. The topological polar surface area (TPSA) is 29.5 Å². The van der Waals surface area contributed by atoms with Crippen molar-refractivity contribution in [1.29, 1.82) is 0 Å². The van der Waals surface area contributed by atoms with E-state index in [9.17, 15) is 5.11 Å². The summed E-state index contributed by atoms with van der Waals surface area (Å²) in [6.45, 7) is 6.73. The average molecular weight is 270 g/mol. The average Bonchev–Trinajstić information content (AvgIpc) is 2.45. The van der Waals surface area contributed by atoms with Crippen molar-refractivity contribution in [1.82, 2.24) is 0 Å². The van der Waals surface area contributed by atoms with Gasteiger partial charge >= 0.3 is 0 Å². The number of hydrogen-bond acceptors (Lipinski definition) is 2. The normalized spacial score (nSPS) is 12.4. The van der Waals surface area contributed by atoms with Crippen molar-refractivity contribution in [3.8, 4) is 5.75 Å². The van der Waals surface area contributed by atoms with Crippen molar-refractivity contribution in [2.24, 2.45) is 0 Å². The van der Waals surface area contributed by atoms with E-state index < -0.39 is 6.10 Å². The van der Waals surface area contributed by atoms with Crippen molar-refractivity contribution in [3.05, 3.63) is 65.2 Å². The Morgan fingerprint density at radius 2 is 1.75 bits per heavy atom. The van der Waals surface area contributed by atoms with E-state index in [4.69, 9.17) is 4.74 Å².